The molecule has 123 heavy (non-hydrogen) atoms. The van der Waals surface area contributed by atoms with Crippen molar-refractivity contribution < 1.29 is 40.7 Å². The number of rotatable bonds is 5. The summed E-state index contributed by atoms with van der Waals surface area (Å²) in [5.41, 5.74) is 18.8. The largest absolute Gasteiger partial charge is 0.456 e. The molecule has 0 unspecified atom stereocenters. The Bertz CT molecular complexity index is 8030. The van der Waals surface area contributed by atoms with Crippen molar-refractivity contribution in [3.8, 4) is 55.6 Å². The Morgan fingerprint density at radius 3 is 0.976 bits per heavy atom. The first-order valence-corrected chi connectivity index (χ1v) is 43.6. The minimum absolute atomic E-state index is 0.0166. The third kappa shape index (κ3) is 17.1. The number of fused-ring (bicyclic) bond motifs is 15. The molecule has 0 fully saturated rings. The summed E-state index contributed by atoms with van der Waals surface area (Å²) >= 11 is 3.30. The van der Waals surface area contributed by atoms with Gasteiger partial charge < -0.3 is 13.3 Å². The second-order valence-electron chi connectivity index (χ2n) is 38.9. The van der Waals surface area contributed by atoms with E-state index in [0.717, 1.165) is 90.6 Å². The Morgan fingerprint density at radius 1 is 0.220 bits per heavy atom. The van der Waals surface area contributed by atoms with Gasteiger partial charge in [-0.1, -0.05) is 442 Å². The van der Waals surface area contributed by atoms with Gasteiger partial charge in [0.05, 0.1) is 27.4 Å². The molecule has 0 N–H and O–H groups in total. The number of hydrogen-bond acceptors (Lipinski definition) is 5. The molecule has 5 aromatic heterocycles. The van der Waals surface area contributed by atoms with E-state index in [1.54, 1.807) is 40.9 Å². The maximum atomic E-state index is 8.42. The van der Waals surface area contributed by atoms with Crippen molar-refractivity contribution in [3.63, 3.8) is 0 Å². The maximum Gasteiger partial charge on any atom is 0.143 e. The van der Waals surface area contributed by atoms with Crippen LogP contribution in [0.3, 0.4) is 0 Å². The molecule has 3 nitrogen and oxygen atoms in total. The van der Waals surface area contributed by atoms with E-state index < -0.39 is 12.1 Å². The highest BCUT2D eigenvalue weighted by atomic mass is 32.1. The van der Waals surface area contributed by atoms with Crippen LogP contribution in [-0.2, 0) is 37.9 Å². The summed E-state index contributed by atoms with van der Waals surface area (Å²) in [6, 6.07) is 61.6. The summed E-state index contributed by atoms with van der Waals surface area (Å²) < 4.78 is 186. The van der Waals surface area contributed by atoms with Crippen molar-refractivity contribution in [3.05, 3.63) is 360 Å². The lowest BCUT2D eigenvalue weighted by atomic mass is 9.79. The predicted octanol–water partition coefficient (Wildman–Crippen LogP) is 36.3. The van der Waals surface area contributed by atoms with E-state index in [1.807, 2.05) is 84.9 Å². The molecule has 0 bridgehead atoms. The van der Waals surface area contributed by atoms with Gasteiger partial charge in [-0.2, -0.15) is 0 Å². The lowest BCUT2D eigenvalue weighted by Crippen LogP contribution is -2.16. The van der Waals surface area contributed by atoms with Gasteiger partial charge in [0.25, 0.3) is 0 Å². The van der Waals surface area contributed by atoms with Crippen molar-refractivity contribution >= 4 is 129 Å². The summed E-state index contributed by atoms with van der Waals surface area (Å²) in [6.07, 6.45) is 0. The molecule has 5 heterocycles. The van der Waals surface area contributed by atoms with Crippen LogP contribution in [-0.4, -0.2) is 0 Å². The van der Waals surface area contributed by atoms with Crippen LogP contribution in [0.15, 0.2) is 334 Å². The zero-order valence-electron chi connectivity index (χ0n) is 94.1. The molecule has 0 spiro atoms. The predicted molar refractivity (Wildman–Crippen MR) is 538 cm³/mol. The number of furan rings is 3. The first-order valence-electron chi connectivity index (χ1n) is 52.0. The average Bonchev–Trinajstić information content (AvgIpc) is 1.60. The van der Waals surface area contributed by atoms with E-state index in [0.29, 0.717) is 33.4 Å². The van der Waals surface area contributed by atoms with Crippen LogP contribution in [0.5, 0.6) is 0 Å². The molecular weight excluding hydrogens is 1530 g/mol. The standard InChI is InChI=1S/C30H36O.2C22H20O.2C22H20S/c1-28(2,3)20-16-19(17-21(18-20)29(4,5)6)22-12-10-13-23-24-14-11-15-25(30(7,8)9)27(24)31-26(22)23;1-22(2,3)17-12-8-14-19-21(17)20-16(11-7-13-18(20)23-19)15-9-5-4-6-10-15;1-22(2,3)19-14-8-13-18-17-12-7-11-16(20(17)23-21(18)19)15-9-5-4-6-10-15;1-22(2,3)17-12-8-14-19-21(17)20-16(11-7-13-18(20)23-19)15-9-5-4-6-10-15;1-22(2,3)19-14-8-13-18-17-12-7-11-16(20(17)23-21(18)19)15-9-5-4-6-10-15/h10-18H,1-9H3;4*4-14H,1-3H3/i;4*4D,5D,6D,9D,10D. The minimum atomic E-state index is -0.398. The highest BCUT2D eigenvalue weighted by Crippen LogP contribution is 2.50. The van der Waals surface area contributed by atoms with Crippen molar-refractivity contribution in [2.75, 3.05) is 0 Å². The highest BCUT2D eigenvalue weighted by Gasteiger charge is 2.29. The number of thiophene rings is 2. The molecule has 20 aromatic rings. The second kappa shape index (κ2) is 33.1. The van der Waals surface area contributed by atoms with Gasteiger partial charge in [-0.05, 0) is 134 Å². The van der Waals surface area contributed by atoms with Crippen LogP contribution >= 0.6 is 22.7 Å². The molecule has 0 aliphatic rings. The molecule has 0 atom stereocenters. The van der Waals surface area contributed by atoms with Crippen LogP contribution in [0.25, 0.3) is 162 Å². The second-order valence-corrected chi connectivity index (χ2v) is 41.0. The van der Waals surface area contributed by atoms with Gasteiger partial charge in [0.2, 0.25) is 0 Å². The number of hydrogen-bond donors (Lipinski definition) is 0. The molecule has 0 saturated carbocycles. The fraction of sp³-hybridized carbons (Fsp3) is 0.237. The van der Waals surface area contributed by atoms with Gasteiger partial charge in [0.1, 0.15) is 33.5 Å². The molecule has 0 aliphatic heterocycles. The van der Waals surface area contributed by atoms with Gasteiger partial charge in [-0.25, -0.2) is 0 Å². The smallest absolute Gasteiger partial charge is 0.143 e. The zero-order chi connectivity index (χ0) is 104. The molecule has 0 aliphatic carbocycles. The van der Waals surface area contributed by atoms with E-state index in [4.69, 9.17) is 40.7 Å². The third-order valence-electron chi connectivity index (χ3n) is 22.7. The molecule has 0 radical (unpaired) electrons. The van der Waals surface area contributed by atoms with E-state index in [1.165, 1.54) is 54.4 Å². The normalized spacial score (nSPS) is 14.7. The molecular formula is C118H116O3S2. The molecule has 15 aromatic carbocycles. The average molecular weight is 1670 g/mol. The van der Waals surface area contributed by atoms with Crippen LogP contribution in [0, 0.1) is 0 Å². The number of benzene rings is 15. The highest BCUT2D eigenvalue weighted by molar-refractivity contribution is 7.26. The summed E-state index contributed by atoms with van der Waals surface area (Å²) in [7, 11) is 0. The third-order valence-corrected chi connectivity index (χ3v) is 25.1. The first-order chi connectivity index (χ1) is 66.8. The lowest BCUT2D eigenvalue weighted by Gasteiger charge is -2.26. The van der Waals surface area contributed by atoms with Gasteiger partial charge in [0.15, 0.2) is 0 Å². The molecule has 0 saturated heterocycles. The lowest BCUT2D eigenvalue weighted by molar-refractivity contribution is 0.568. The zero-order valence-corrected chi connectivity index (χ0v) is 75.7. The molecule has 20 rings (SSSR count). The first kappa shape index (κ1) is 63.1. The van der Waals surface area contributed by atoms with Gasteiger partial charge in [-0.3, -0.25) is 0 Å². The van der Waals surface area contributed by atoms with Crippen molar-refractivity contribution in [2.24, 2.45) is 0 Å². The van der Waals surface area contributed by atoms with Crippen molar-refractivity contribution in [1.82, 2.24) is 0 Å². The monoisotopic (exact) mass is 1660 g/mol. The Morgan fingerprint density at radius 2 is 0.528 bits per heavy atom. The van der Waals surface area contributed by atoms with Crippen molar-refractivity contribution in [1.29, 1.82) is 0 Å². The SMILES string of the molecule is CC(C)(C)c1cc(-c2cccc3c2oc2c(C(C)(C)C)cccc23)cc(C(C)(C)C)c1.[2H]c1c([2H])c([2H])c(-c2cccc3c2oc2c(C(C)(C)C)cccc23)c([2H])c1[2H].[2H]c1c([2H])c([2H])c(-c2cccc3c2sc2c(C(C)(C)C)cccc23)c([2H])c1[2H].[2H]c1c([2H])c([2H])c(-c2cccc3oc4cccc(C(C)(C)C)c4c23)c([2H])c1[2H].[2H]c1c([2H])c([2H])c(-c2cccc3sc4cccc(C(C)(C)C)c4c23)c([2H])c1[2H]. The maximum absolute atomic E-state index is 8.42. The molecule has 0 amide bonds. The van der Waals surface area contributed by atoms with E-state index in [-0.39, 0.29) is 169 Å². The van der Waals surface area contributed by atoms with Crippen molar-refractivity contribution in [2.45, 2.75) is 183 Å². The fourth-order valence-electron chi connectivity index (χ4n) is 16.4. The summed E-state index contributed by atoms with van der Waals surface area (Å²) in [5, 5.41) is 10.2. The van der Waals surface area contributed by atoms with Crippen LogP contribution in [0.4, 0.5) is 0 Å². The van der Waals surface area contributed by atoms with E-state index >= 15 is 0 Å². The quantitative estimate of drug-likeness (QED) is 0.172. The van der Waals surface area contributed by atoms with Gasteiger partial charge >= 0.3 is 0 Å². The van der Waals surface area contributed by atoms with Gasteiger partial charge in [-0.15, -0.1) is 22.7 Å². The van der Waals surface area contributed by atoms with E-state index in [9.17, 15) is 0 Å². The topological polar surface area (TPSA) is 39.4 Å². The fourth-order valence-corrected chi connectivity index (χ4v) is 19.1. The Labute approximate surface area is 764 Å². The Balaban J connectivity index is 0.000000128. The summed E-state index contributed by atoms with van der Waals surface area (Å²) in [4.78, 5) is 0. The van der Waals surface area contributed by atoms with Crippen LogP contribution < -0.4 is 0 Å². The summed E-state index contributed by atoms with van der Waals surface area (Å²) in [5.74, 6) is 0. The van der Waals surface area contributed by atoms with Crippen LogP contribution in [0.2, 0.25) is 0 Å². The number of para-hydroxylation sites is 4. The Hall–Kier alpha value is -11.9. The minimum Gasteiger partial charge on any atom is -0.456 e. The Kier molecular flexibility index (Phi) is 17.0. The van der Waals surface area contributed by atoms with Gasteiger partial charge in [0, 0.05) is 94.9 Å². The molecule has 5 heteroatoms. The molecule has 618 valence electrons. The van der Waals surface area contributed by atoms with Crippen LogP contribution in [0.1, 0.15) is 212 Å². The van der Waals surface area contributed by atoms with E-state index in [2.05, 4.69) is 242 Å². The summed E-state index contributed by atoms with van der Waals surface area (Å²) in [6.45, 7) is 46.2.